The van der Waals surface area contributed by atoms with Gasteiger partial charge in [0.25, 0.3) is 0 Å². The summed E-state index contributed by atoms with van der Waals surface area (Å²) in [5, 5.41) is 16.9. The quantitative estimate of drug-likeness (QED) is 0.837. The maximum Gasteiger partial charge on any atom is 0.238 e. The summed E-state index contributed by atoms with van der Waals surface area (Å²) in [6.45, 7) is 9.10. The van der Waals surface area contributed by atoms with Gasteiger partial charge < -0.3 is 0 Å². The number of fused-ring (bicyclic) bond motifs is 1. The molecule has 1 aromatic carbocycles. The normalized spacial score (nSPS) is 31.4. The third kappa shape index (κ3) is 1.68. The van der Waals surface area contributed by atoms with Gasteiger partial charge in [-0.25, -0.2) is 8.42 Å². The Hall–Kier alpha value is -1.63. The molecule has 0 N–H and O–H groups in total. The minimum atomic E-state index is -3.78. The van der Waals surface area contributed by atoms with Crippen molar-refractivity contribution in [2.24, 2.45) is 20.5 Å². The third-order valence-corrected chi connectivity index (χ3v) is 7.05. The molecule has 7 heteroatoms. The Morgan fingerprint density at radius 1 is 0.955 bits per heavy atom. The van der Waals surface area contributed by atoms with Crippen molar-refractivity contribution >= 4 is 9.84 Å². The monoisotopic (exact) mass is 320 g/mol. The number of hydrogen-bond acceptors (Lipinski definition) is 6. The second-order valence-electron chi connectivity index (χ2n) is 7.04. The van der Waals surface area contributed by atoms with Crippen LogP contribution < -0.4 is 0 Å². The van der Waals surface area contributed by atoms with E-state index in [1.165, 1.54) is 0 Å². The Labute approximate surface area is 130 Å². The van der Waals surface area contributed by atoms with Crippen LogP contribution in [0.1, 0.15) is 33.3 Å². The van der Waals surface area contributed by atoms with Crippen LogP contribution in [0.3, 0.4) is 0 Å². The molecular weight excluding hydrogens is 300 g/mol. The Bertz CT molecular complexity index is 778. The molecule has 0 fully saturated rings. The van der Waals surface area contributed by atoms with E-state index in [0.29, 0.717) is 0 Å². The van der Waals surface area contributed by atoms with Gasteiger partial charge in [0.15, 0.2) is 0 Å². The molecule has 6 nitrogen and oxygen atoms in total. The first-order chi connectivity index (χ1) is 10.0. The zero-order chi connectivity index (χ0) is 16.4. The highest BCUT2D eigenvalue weighted by molar-refractivity contribution is 7.93. The second kappa shape index (κ2) is 4.22. The fourth-order valence-corrected chi connectivity index (χ4v) is 5.50. The predicted octanol–water partition coefficient (Wildman–Crippen LogP) is 3.32. The minimum Gasteiger partial charge on any atom is -0.221 e. The molecule has 2 atom stereocenters. The number of aryl methyl sites for hydroxylation is 1. The van der Waals surface area contributed by atoms with Crippen molar-refractivity contribution in [2.45, 2.75) is 61.5 Å². The molecule has 0 unspecified atom stereocenters. The average Bonchev–Trinajstić information content (AvgIpc) is 2.86. The molecule has 2 heterocycles. The lowest BCUT2D eigenvalue weighted by Gasteiger charge is -2.35. The molecule has 0 spiro atoms. The molecule has 118 valence electrons. The topological polar surface area (TPSA) is 83.6 Å². The van der Waals surface area contributed by atoms with Crippen LogP contribution in [0.5, 0.6) is 0 Å². The van der Waals surface area contributed by atoms with Crippen molar-refractivity contribution in [3.63, 3.8) is 0 Å². The number of benzene rings is 1. The van der Waals surface area contributed by atoms with Crippen molar-refractivity contribution in [1.82, 2.24) is 0 Å². The molecule has 0 saturated heterocycles. The van der Waals surface area contributed by atoms with Crippen LogP contribution in [0, 0.1) is 6.92 Å². The third-order valence-electron chi connectivity index (χ3n) is 4.54. The zero-order valence-corrected chi connectivity index (χ0v) is 14.2. The van der Waals surface area contributed by atoms with Gasteiger partial charge in [0.05, 0.1) is 4.90 Å². The molecule has 0 aliphatic carbocycles. The van der Waals surface area contributed by atoms with Crippen LogP contribution in [0.2, 0.25) is 0 Å². The standard InChI is InChI=1S/C15H20N4O2S/c1-10-6-8-11(9-7-10)22(20,21)15-12(13(2,3)17-19-15)16-18-14(15,4)5/h6-9,12H,1-5H3/t12-,15+/m0/s1. The van der Waals surface area contributed by atoms with Crippen molar-refractivity contribution in [3.05, 3.63) is 29.8 Å². The van der Waals surface area contributed by atoms with Gasteiger partial charge in [-0.2, -0.15) is 20.5 Å². The Morgan fingerprint density at radius 2 is 1.55 bits per heavy atom. The number of hydrogen-bond donors (Lipinski definition) is 0. The highest BCUT2D eigenvalue weighted by atomic mass is 32.2. The van der Waals surface area contributed by atoms with Crippen LogP contribution in [-0.2, 0) is 9.84 Å². The van der Waals surface area contributed by atoms with E-state index in [9.17, 15) is 8.42 Å². The first-order valence-corrected chi connectivity index (χ1v) is 8.70. The Kier molecular flexibility index (Phi) is 2.93. The first-order valence-electron chi connectivity index (χ1n) is 7.22. The van der Waals surface area contributed by atoms with Gasteiger partial charge in [-0.1, -0.05) is 17.7 Å². The number of nitrogens with zero attached hydrogens (tertiary/aromatic N) is 4. The van der Waals surface area contributed by atoms with E-state index in [4.69, 9.17) is 0 Å². The summed E-state index contributed by atoms with van der Waals surface area (Å²) >= 11 is 0. The molecule has 0 radical (unpaired) electrons. The summed E-state index contributed by atoms with van der Waals surface area (Å²) in [4.78, 5) is -1.24. The van der Waals surface area contributed by atoms with E-state index in [2.05, 4.69) is 20.5 Å². The minimum absolute atomic E-state index is 0.236. The Morgan fingerprint density at radius 3 is 2.14 bits per heavy atom. The number of sulfone groups is 1. The molecule has 0 amide bonds. The largest absolute Gasteiger partial charge is 0.238 e. The van der Waals surface area contributed by atoms with Crippen LogP contribution in [0.15, 0.2) is 49.6 Å². The molecule has 0 saturated carbocycles. The molecule has 3 rings (SSSR count). The first kappa shape index (κ1) is 15.3. The molecule has 22 heavy (non-hydrogen) atoms. The van der Waals surface area contributed by atoms with E-state index >= 15 is 0 Å². The Balaban J connectivity index is 2.24. The molecule has 1 aromatic rings. The van der Waals surface area contributed by atoms with E-state index in [1.807, 2.05) is 20.8 Å². The predicted molar refractivity (Wildman–Crippen MR) is 82.8 cm³/mol. The summed E-state index contributed by atoms with van der Waals surface area (Å²) in [5.41, 5.74) is -0.644. The fourth-order valence-electron chi connectivity index (χ4n) is 3.17. The summed E-state index contributed by atoms with van der Waals surface area (Å²) in [7, 11) is -3.78. The highest BCUT2D eigenvalue weighted by Gasteiger charge is 2.72. The second-order valence-corrected chi connectivity index (χ2v) is 9.14. The van der Waals surface area contributed by atoms with Crippen LogP contribution in [0.4, 0.5) is 0 Å². The van der Waals surface area contributed by atoms with Crippen LogP contribution in [0.25, 0.3) is 0 Å². The van der Waals surface area contributed by atoms with Crippen molar-refractivity contribution in [1.29, 1.82) is 0 Å². The van der Waals surface area contributed by atoms with E-state index < -0.39 is 31.8 Å². The number of azo groups is 2. The summed E-state index contributed by atoms with van der Waals surface area (Å²) in [5.74, 6) is 0. The zero-order valence-electron chi connectivity index (χ0n) is 13.4. The average molecular weight is 320 g/mol. The van der Waals surface area contributed by atoms with Crippen LogP contribution >= 0.6 is 0 Å². The summed E-state index contributed by atoms with van der Waals surface area (Å²) in [6.07, 6.45) is 0. The molecule has 0 aromatic heterocycles. The maximum atomic E-state index is 13.4. The molecule has 2 aliphatic rings. The van der Waals surface area contributed by atoms with Gasteiger partial charge in [-0.3, -0.25) is 0 Å². The lowest BCUT2D eigenvalue weighted by Crippen LogP contribution is -2.58. The van der Waals surface area contributed by atoms with Crippen molar-refractivity contribution in [2.75, 3.05) is 0 Å². The van der Waals surface area contributed by atoms with Crippen LogP contribution in [-0.4, -0.2) is 30.4 Å². The smallest absolute Gasteiger partial charge is 0.221 e. The van der Waals surface area contributed by atoms with Gasteiger partial charge in [-0.15, -0.1) is 0 Å². The molecule has 2 aliphatic heterocycles. The van der Waals surface area contributed by atoms with Crippen molar-refractivity contribution < 1.29 is 8.42 Å². The van der Waals surface area contributed by atoms with E-state index in [-0.39, 0.29) is 4.90 Å². The molecule has 0 bridgehead atoms. The highest BCUT2D eigenvalue weighted by Crippen LogP contribution is 2.54. The van der Waals surface area contributed by atoms with Gasteiger partial charge >= 0.3 is 0 Å². The van der Waals surface area contributed by atoms with Gasteiger partial charge in [0.1, 0.15) is 17.1 Å². The van der Waals surface area contributed by atoms with Gasteiger partial charge in [0.2, 0.25) is 14.7 Å². The van der Waals surface area contributed by atoms with E-state index in [1.54, 1.807) is 38.1 Å². The maximum absolute atomic E-state index is 13.4. The van der Waals surface area contributed by atoms with Crippen molar-refractivity contribution in [3.8, 4) is 0 Å². The number of rotatable bonds is 2. The summed E-state index contributed by atoms with van der Waals surface area (Å²) < 4.78 is 26.8. The lowest BCUT2D eigenvalue weighted by molar-refractivity contribution is 0.341. The van der Waals surface area contributed by atoms with Gasteiger partial charge in [0, 0.05) is 0 Å². The molecular formula is C15H20N4O2S. The van der Waals surface area contributed by atoms with Gasteiger partial charge in [-0.05, 0) is 46.8 Å². The van der Waals surface area contributed by atoms with E-state index in [0.717, 1.165) is 5.56 Å². The fraction of sp³-hybridized carbons (Fsp3) is 0.600. The lowest BCUT2D eigenvalue weighted by atomic mass is 9.83. The SMILES string of the molecule is Cc1ccc(S(=O)(=O)[C@]23N=NC(C)(C)[C@@H]2N=NC3(C)C)cc1. The summed E-state index contributed by atoms with van der Waals surface area (Å²) in [6, 6.07) is 6.19.